The number of allylic oxidation sites excluding steroid dienone is 1. The van der Waals surface area contributed by atoms with Crippen LogP contribution in [-0.2, 0) is 9.53 Å². The molecule has 1 aliphatic rings. The number of esters is 1. The minimum Gasteiger partial charge on any atom is -0.462 e. The summed E-state index contributed by atoms with van der Waals surface area (Å²) in [4.78, 5) is 10.2. The van der Waals surface area contributed by atoms with Gasteiger partial charge in [-0.15, -0.1) is 0 Å². The maximum Gasteiger partial charge on any atom is 0.302 e. The first kappa shape index (κ1) is 18.9. The second-order valence-corrected chi connectivity index (χ2v) is 6.02. The van der Waals surface area contributed by atoms with Crippen molar-refractivity contribution in [3.63, 3.8) is 0 Å². The molecular weight excluding hydrogens is 252 g/mol. The topological polar surface area (TPSA) is 46.5 Å². The third-order valence-corrected chi connectivity index (χ3v) is 3.49. The van der Waals surface area contributed by atoms with Crippen molar-refractivity contribution < 1.29 is 14.6 Å². The Morgan fingerprint density at radius 1 is 1.30 bits per heavy atom. The van der Waals surface area contributed by atoms with Crippen LogP contribution < -0.4 is 0 Å². The number of rotatable bonds is 3. The van der Waals surface area contributed by atoms with Gasteiger partial charge in [0.15, 0.2) is 0 Å². The van der Waals surface area contributed by atoms with E-state index in [2.05, 4.69) is 18.2 Å². The molecule has 1 N–H and O–H groups in total. The van der Waals surface area contributed by atoms with E-state index in [1.165, 1.54) is 13.3 Å². The summed E-state index contributed by atoms with van der Waals surface area (Å²) in [6, 6.07) is 0. The highest BCUT2D eigenvalue weighted by molar-refractivity contribution is 5.65. The Balaban J connectivity index is 0.000000370. The number of hydrogen-bond acceptors (Lipinski definition) is 3. The highest BCUT2D eigenvalue weighted by Gasteiger charge is 2.26. The quantitative estimate of drug-likeness (QED) is 0.631. The summed E-state index contributed by atoms with van der Waals surface area (Å²) >= 11 is 0. The van der Waals surface area contributed by atoms with Crippen LogP contribution in [0.1, 0.15) is 53.9 Å². The van der Waals surface area contributed by atoms with Gasteiger partial charge >= 0.3 is 5.97 Å². The fourth-order valence-corrected chi connectivity index (χ4v) is 2.25. The Kier molecular flexibility index (Phi) is 9.23. The summed E-state index contributed by atoms with van der Waals surface area (Å²) in [6.07, 6.45) is 5.06. The normalized spacial score (nSPS) is 25.0. The van der Waals surface area contributed by atoms with Gasteiger partial charge in [-0.25, -0.2) is 0 Å². The van der Waals surface area contributed by atoms with E-state index >= 15 is 0 Å². The Hall–Kier alpha value is -1.09. The SMILES string of the molecule is C=C(C)[C@@H]1CC[C@@H](C)C[C@H]1O.CC(=O)OCC=C(C)C. The van der Waals surface area contributed by atoms with E-state index in [0.29, 0.717) is 18.4 Å². The number of aliphatic hydroxyl groups excluding tert-OH is 1. The largest absolute Gasteiger partial charge is 0.462 e. The molecular formula is C17H30O3. The summed E-state index contributed by atoms with van der Waals surface area (Å²) < 4.78 is 4.64. The van der Waals surface area contributed by atoms with E-state index in [1.54, 1.807) is 0 Å². The highest BCUT2D eigenvalue weighted by atomic mass is 16.5. The second kappa shape index (κ2) is 9.76. The molecule has 20 heavy (non-hydrogen) atoms. The molecule has 3 nitrogen and oxygen atoms in total. The van der Waals surface area contributed by atoms with Crippen LogP contribution in [0, 0.1) is 11.8 Å². The minimum atomic E-state index is -0.229. The molecule has 0 heterocycles. The standard InChI is InChI=1S/C10H18O.C7H12O2/c1-7(2)9-5-4-8(3)6-10(9)11;1-6(2)4-5-9-7(3)8/h8-11H,1,4-6H2,2-3H3;4H,5H2,1-3H3/t8-,9+,10-;/m1./s1. The molecule has 1 saturated carbocycles. The van der Waals surface area contributed by atoms with Gasteiger partial charge in [0.05, 0.1) is 6.10 Å². The molecule has 0 aromatic rings. The lowest BCUT2D eigenvalue weighted by Crippen LogP contribution is -2.28. The maximum absolute atomic E-state index is 10.2. The maximum atomic E-state index is 10.2. The number of ether oxygens (including phenoxy) is 1. The predicted octanol–water partition coefficient (Wildman–Crippen LogP) is 3.88. The van der Waals surface area contributed by atoms with Crippen LogP contribution in [0.4, 0.5) is 0 Å². The molecule has 3 heteroatoms. The smallest absolute Gasteiger partial charge is 0.302 e. The van der Waals surface area contributed by atoms with Crippen LogP contribution in [0.3, 0.4) is 0 Å². The molecule has 0 spiro atoms. The molecule has 0 saturated heterocycles. The van der Waals surface area contributed by atoms with E-state index in [0.717, 1.165) is 24.0 Å². The molecule has 0 amide bonds. The molecule has 3 atom stereocenters. The fourth-order valence-electron chi connectivity index (χ4n) is 2.25. The summed E-state index contributed by atoms with van der Waals surface area (Å²) in [5.74, 6) is 0.833. The lowest BCUT2D eigenvalue weighted by atomic mass is 9.78. The third-order valence-electron chi connectivity index (χ3n) is 3.49. The van der Waals surface area contributed by atoms with Crippen LogP contribution in [0.5, 0.6) is 0 Å². The van der Waals surface area contributed by atoms with E-state index in [-0.39, 0.29) is 12.1 Å². The van der Waals surface area contributed by atoms with Gasteiger partial charge in [0.25, 0.3) is 0 Å². The van der Waals surface area contributed by atoms with Crippen LogP contribution in [0.25, 0.3) is 0 Å². The van der Waals surface area contributed by atoms with Crippen LogP contribution in [-0.4, -0.2) is 23.8 Å². The van der Waals surface area contributed by atoms with Crippen molar-refractivity contribution >= 4 is 5.97 Å². The summed E-state index contributed by atoms with van der Waals surface area (Å²) in [5.41, 5.74) is 2.31. The van der Waals surface area contributed by atoms with Gasteiger partial charge in [-0.3, -0.25) is 4.79 Å². The Bertz CT molecular complexity index is 340. The third kappa shape index (κ3) is 8.92. The molecule has 0 unspecified atom stereocenters. The van der Waals surface area contributed by atoms with Gasteiger partial charge in [0, 0.05) is 12.8 Å². The number of aliphatic hydroxyl groups is 1. The van der Waals surface area contributed by atoms with Crippen molar-refractivity contribution in [2.24, 2.45) is 11.8 Å². The minimum absolute atomic E-state index is 0.128. The lowest BCUT2D eigenvalue weighted by Gasteiger charge is -2.31. The zero-order valence-corrected chi connectivity index (χ0v) is 13.6. The number of carbonyl (C=O) groups is 1. The van der Waals surface area contributed by atoms with E-state index in [1.807, 2.05) is 26.8 Å². The monoisotopic (exact) mass is 282 g/mol. The molecule has 116 valence electrons. The molecule has 1 rings (SSSR count). The first-order valence-corrected chi connectivity index (χ1v) is 7.34. The zero-order valence-electron chi connectivity index (χ0n) is 13.6. The van der Waals surface area contributed by atoms with Crippen molar-refractivity contribution in [3.05, 3.63) is 23.8 Å². The van der Waals surface area contributed by atoms with Gasteiger partial charge in [0.1, 0.15) is 6.61 Å². The lowest BCUT2D eigenvalue weighted by molar-refractivity contribution is -0.139. The van der Waals surface area contributed by atoms with Crippen LogP contribution in [0.2, 0.25) is 0 Å². The van der Waals surface area contributed by atoms with Gasteiger partial charge < -0.3 is 9.84 Å². The Morgan fingerprint density at radius 2 is 1.90 bits per heavy atom. The summed E-state index contributed by atoms with van der Waals surface area (Å²) in [6.45, 7) is 13.8. The van der Waals surface area contributed by atoms with Gasteiger partial charge in [-0.1, -0.05) is 24.6 Å². The first-order chi connectivity index (χ1) is 9.23. The highest BCUT2D eigenvalue weighted by Crippen LogP contribution is 2.32. The molecule has 0 bridgehead atoms. The zero-order chi connectivity index (χ0) is 15.7. The number of carbonyl (C=O) groups excluding carboxylic acids is 1. The average Bonchev–Trinajstić information content (AvgIpc) is 2.27. The summed E-state index contributed by atoms with van der Waals surface area (Å²) in [5, 5.41) is 9.65. The molecule has 1 aliphatic carbocycles. The van der Waals surface area contributed by atoms with Crippen molar-refractivity contribution in [2.45, 2.75) is 60.0 Å². The van der Waals surface area contributed by atoms with Gasteiger partial charge in [0.2, 0.25) is 0 Å². The van der Waals surface area contributed by atoms with Crippen molar-refractivity contribution in [1.29, 1.82) is 0 Å². The van der Waals surface area contributed by atoms with E-state index in [9.17, 15) is 9.90 Å². The van der Waals surface area contributed by atoms with E-state index < -0.39 is 0 Å². The van der Waals surface area contributed by atoms with Crippen molar-refractivity contribution in [3.8, 4) is 0 Å². The number of hydrogen-bond donors (Lipinski definition) is 1. The Morgan fingerprint density at radius 3 is 2.30 bits per heavy atom. The Labute approximate surface area is 123 Å². The van der Waals surface area contributed by atoms with Gasteiger partial charge in [-0.2, -0.15) is 0 Å². The van der Waals surface area contributed by atoms with Crippen LogP contribution >= 0.6 is 0 Å². The van der Waals surface area contributed by atoms with Crippen molar-refractivity contribution in [1.82, 2.24) is 0 Å². The van der Waals surface area contributed by atoms with Crippen molar-refractivity contribution in [2.75, 3.05) is 6.61 Å². The fraction of sp³-hybridized carbons (Fsp3) is 0.706. The van der Waals surface area contributed by atoms with E-state index in [4.69, 9.17) is 0 Å². The molecule has 0 aliphatic heterocycles. The predicted molar refractivity (Wildman–Crippen MR) is 83.4 cm³/mol. The molecule has 0 aromatic heterocycles. The molecule has 0 radical (unpaired) electrons. The summed E-state index contributed by atoms with van der Waals surface area (Å²) in [7, 11) is 0. The molecule has 0 aromatic carbocycles. The van der Waals surface area contributed by atoms with Crippen LogP contribution in [0.15, 0.2) is 23.8 Å². The first-order valence-electron chi connectivity index (χ1n) is 7.34. The second-order valence-electron chi connectivity index (χ2n) is 6.02. The average molecular weight is 282 g/mol. The van der Waals surface area contributed by atoms with Gasteiger partial charge in [-0.05, 0) is 52.0 Å². The molecule has 1 fully saturated rings.